The summed E-state index contributed by atoms with van der Waals surface area (Å²) >= 11 is 0. The van der Waals surface area contributed by atoms with Gasteiger partial charge in [-0.3, -0.25) is 0 Å². The van der Waals surface area contributed by atoms with E-state index in [4.69, 9.17) is 4.74 Å². The molecule has 1 aromatic carbocycles. The molecule has 1 aliphatic rings. The fourth-order valence-electron chi connectivity index (χ4n) is 2.98. The van der Waals surface area contributed by atoms with Crippen molar-refractivity contribution in [2.75, 3.05) is 40.4 Å². The zero-order chi connectivity index (χ0) is 15.1. The number of hydrogen-bond donors (Lipinski definition) is 1. The molecule has 0 aliphatic carbocycles. The minimum atomic E-state index is -0.176. The number of hydrogen-bond acceptors (Lipinski definition) is 3. The first-order chi connectivity index (χ1) is 10.2. The van der Waals surface area contributed by atoms with Gasteiger partial charge in [-0.1, -0.05) is 12.1 Å². The van der Waals surface area contributed by atoms with E-state index in [-0.39, 0.29) is 11.9 Å². The molecule has 0 spiro atoms. The van der Waals surface area contributed by atoms with Crippen LogP contribution in [0, 0.1) is 11.7 Å². The summed E-state index contributed by atoms with van der Waals surface area (Å²) in [7, 11) is 4.15. The van der Waals surface area contributed by atoms with Gasteiger partial charge in [-0.15, -0.1) is 0 Å². The lowest BCUT2D eigenvalue weighted by atomic mass is 9.99. The van der Waals surface area contributed by atoms with Gasteiger partial charge in [0.05, 0.1) is 0 Å². The van der Waals surface area contributed by atoms with E-state index in [1.165, 1.54) is 25.0 Å². The topological polar surface area (TPSA) is 24.5 Å². The second kappa shape index (κ2) is 8.47. The summed E-state index contributed by atoms with van der Waals surface area (Å²) in [5, 5.41) is 3.33. The second-order valence-electron chi connectivity index (χ2n) is 6.00. The molecular formula is C17H27FN2O. The standard InChI is InChI=1S/C17H27FN2O/c1-19-17(15-3-5-16(18)6-4-15)7-10-20(2)13-14-8-11-21-12-9-14/h3-6,14,17,19H,7-13H2,1-2H3. The summed E-state index contributed by atoms with van der Waals surface area (Å²) in [6.07, 6.45) is 3.39. The summed E-state index contributed by atoms with van der Waals surface area (Å²) in [6.45, 7) is 4.00. The van der Waals surface area contributed by atoms with Crippen molar-refractivity contribution >= 4 is 0 Å². The SMILES string of the molecule is CNC(CCN(C)CC1CCOCC1)c1ccc(F)cc1. The van der Waals surface area contributed by atoms with Crippen LogP contribution in [0.25, 0.3) is 0 Å². The smallest absolute Gasteiger partial charge is 0.123 e. The van der Waals surface area contributed by atoms with Crippen molar-refractivity contribution in [3.05, 3.63) is 35.6 Å². The Hall–Kier alpha value is -0.970. The molecule has 3 nitrogen and oxygen atoms in total. The van der Waals surface area contributed by atoms with Gasteiger partial charge in [-0.25, -0.2) is 4.39 Å². The van der Waals surface area contributed by atoms with Crippen molar-refractivity contribution in [3.8, 4) is 0 Å². The van der Waals surface area contributed by atoms with Crippen molar-refractivity contribution in [3.63, 3.8) is 0 Å². The van der Waals surface area contributed by atoms with E-state index >= 15 is 0 Å². The highest BCUT2D eigenvalue weighted by atomic mass is 19.1. The fourth-order valence-corrected chi connectivity index (χ4v) is 2.98. The maximum Gasteiger partial charge on any atom is 0.123 e. The lowest BCUT2D eigenvalue weighted by molar-refractivity contribution is 0.0553. The van der Waals surface area contributed by atoms with E-state index in [1.54, 1.807) is 0 Å². The van der Waals surface area contributed by atoms with Gasteiger partial charge in [0.15, 0.2) is 0 Å². The largest absolute Gasteiger partial charge is 0.381 e. The number of benzene rings is 1. The zero-order valence-electron chi connectivity index (χ0n) is 13.1. The van der Waals surface area contributed by atoms with E-state index in [0.29, 0.717) is 0 Å². The number of ether oxygens (including phenoxy) is 1. The molecule has 1 atom stereocenters. The van der Waals surface area contributed by atoms with Crippen LogP contribution in [0.15, 0.2) is 24.3 Å². The Labute approximate surface area is 127 Å². The van der Waals surface area contributed by atoms with Crippen LogP contribution in [-0.4, -0.2) is 45.3 Å². The molecule has 1 unspecified atom stereocenters. The first-order valence-electron chi connectivity index (χ1n) is 7.88. The summed E-state index contributed by atoms with van der Waals surface area (Å²) in [5.74, 6) is 0.591. The van der Waals surface area contributed by atoms with Crippen LogP contribution in [0.2, 0.25) is 0 Å². The van der Waals surface area contributed by atoms with Crippen molar-refractivity contribution in [2.45, 2.75) is 25.3 Å². The molecule has 0 saturated carbocycles. The third-order valence-electron chi connectivity index (χ3n) is 4.33. The summed E-state index contributed by atoms with van der Waals surface area (Å²) in [6, 6.07) is 7.09. The maximum atomic E-state index is 13.0. The molecule has 0 bridgehead atoms. The average Bonchev–Trinajstić information content (AvgIpc) is 2.50. The Bertz CT molecular complexity index is 404. The normalized spacial score (nSPS) is 18.1. The molecule has 1 heterocycles. The van der Waals surface area contributed by atoms with Gasteiger partial charge in [0.2, 0.25) is 0 Å². The average molecular weight is 294 g/mol. The van der Waals surface area contributed by atoms with Gasteiger partial charge in [0.25, 0.3) is 0 Å². The number of rotatable bonds is 7. The number of nitrogens with one attached hydrogen (secondary N) is 1. The van der Waals surface area contributed by atoms with E-state index < -0.39 is 0 Å². The summed E-state index contributed by atoms with van der Waals surface area (Å²) in [5.41, 5.74) is 1.15. The highest BCUT2D eigenvalue weighted by Crippen LogP contribution is 2.19. The predicted octanol–water partition coefficient (Wildman–Crippen LogP) is 2.83. The molecule has 2 rings (SSSR count). The minimum absolute atomic E-state index is 0.176. The minimum Gasteiger partial charge on any atom is -0.381 e. The third-order valence-corrected chi connectivity index (χ3v) is 4.33. The lowest BCUT2D eigenvalue weighted by Crippen LogP contribution is -2.32. The molecule has 4 heteroatoms. The molecule has 0 amide bonds. The van der Waals surface area contributed by atoms with Crippen LogP contribution >= 0.6 is 0 Å². The third kappa shape index (κ3) is 5.38. The molecule has 1 aliphatic heterocycles. The predicted molar refractivity (Wildman–Crippen MR) is 83.9 cm³/mol. The maximum absolute atomic E-state index is 13.0. The van der Waals surface area contributed by atoms with Crippen LogP contribution in [0.5, 0.6) is 0 Å². The molecule has 21 heavy (non-hydrogen) atoms. The van der Waals surface area contributed by atoms with Crippen molar-refractivity contribution in [1.82, 2.24) is 10.2 Å². The second-order valence-corrected chi connectivity index (χ2v) is 6.00. The van der Waals surface area contributed by atoms with Crippen molar-refractivity contribution < 1.29 is 9.13 Å². The molecule has 1 fully saturated rings. The van der Waals surface area contributed by atoms with E-state index in [9.17, 15) is 4.39 Å². The Morgan fingerprint density at radius 3 is 2.57 bits per heavy atom. The van der Waals surface area contributed by atoms with Crippen LogP contribution in [-0.2, 0) is 4.74 Å². The van der Waals surface area contributed by atoms with Gasteiger partial charge in [-0.2, -0.15) is 0 Å². The van der Waals surface area contributed by atoms with Crippen molar-refractivity contribution in [2.24, 2.45) is 5.92 Å². The van der Waals surface area contributed by atoms with Gasteiger partial charge in [0.1, 0.15) is 5.82 Å². The Kier molecular flexibility index (Phi) is 6.61. The first-order valence-corrected chi connectivity index (χ1v) is 7.88. The summed E-state index contributed by atoms with van der Waals surface area (Å²) in [4.78, 5) is 2.41. The van der Waals surface area contributed by atoms with Crippen molar-refractivity contribution in [1.29, 1.82) is 0 Å². The van der Waals surface area contributed by atoms with Gasteiger partial charge < -0.3 is 15.0 Å². The zero-order valence-corrected chi connectivity index (χ0v) is 13.1. The molecule has 118 valence electrons. The Balaban J connectivity index is 1.77. The van der Waals surface area contributed by atoms with Crippen LogP contribution < -0.4 is 5.32 Å². The van der Waals surface area contributed by atoms with E-state index in [1.807, 2.05) is 19.2 Å². The fraction of sp³-hybridized carbons (Fsp3) is 0.647. The molecular weight excluding hydrogens is 267 g/mol. The van der Waals surface area contributed by atoms with Gasteiger partial charge in [-0.05, 0) is 63.5 Å². The lowest BCUT2D eigenvalue weighted by Gasteiger charge is -2.28. The van der Waals surface area contributed by atoms with Crippen LogP contribution in [0.4, 0.5) is 4.39 Å². The highest BCUT2D eigenvalue weighted by Gasteiger charge is 2.17. The van der Waals surface area contributed by atoms with E-state index in [0.717, 1.165) is 44.2 Å². The Morgan fingerprint density at radius 2 is 1.95 bits per heavy atom. The molecule has 0 radical (unpaired) electrons. The van der Waals surface area contributed by atoms with Crippen LogP contribution in [0.3, 0.4) is 0 Å². The molecule has 1 N–H and O–H groups in total. The van der Waals surface area contributed by atoms with Gasteiger partial charge >= 0.3 is 0 Å². The number of nitrogens with zero attached hydrogens (tertiary/aromatic N) is 1. The van der Waals surface area contributed by atoms with E-state index in [2.05, 4.69) is 17.3 Å². The molecule has 1 aromatic rings. The molecule has 0 aromatic heterocycles. The first kappa shape index (κ1) is 16.4. The highest BCUT2D eigenvalue weighted by molar-refractivity contribution is 5.19. The molecule has 1 saturated heterocycles. The summed E-state index contributed by atoms with van der Waals surface area (Å²) < 4.78 is 18.4. The number of halogens is 1. The Morgan fingerprint density at radius 1 is 1.29 bits per heavy atom. The van der Waals surface area contributed by atoms with Gasteiger partial charge in [0, 0.05) is 25.8 Å². The monoisotopic (exact) mass is 294 g/mol. The van der Waals surface area contributed by atoms with Crippen LogP contribution in [0.1, 0.15) is 30.9 Å². The quantitative estimate of drug-likeness (QED) is 0.837.